The number of benzene rings is 1. The Hall–Kier alpha value is -1.16. The molecule has 120 valence electrons. The summed E-state index contributed by atoms with van der Waals surface area (Å²) in [6, 6.07) is 5.57. The van der Waals surface area contributed by atoms with Gasteiger partial charge in [-0.25, -0.2) is 0 Å². The molecule has 0 saturated carbocycles. The van der Waals surface area contributed by atoms with Gasteiger partial charge in [0.15, 0.2) is 0 Å². The molecule has 1 aromatic carbocycles. The van der Waals surface area contributed by atoms with Gasteiger partial charge in [0.25, 0.3) is 0 Å². The average molecular weight is 374 g/mol. The van der Waals surface area contributed by atoms with Crippen LogP contribution in [-0.4, -0.2) is 62.7 Å². The number of nitrogens with one attached hydrogen (secondary N) is 1. The summed E-state index contributed by atoms with van der Waals surface area (Å²) in [4.78, 5) is 3.02. The standard InChI is InChI=1S/C14H16BrNO6/c15-6-1-2-8-7(3-6)9(4-16-8)21-14-13(20)12(19)11(18)10(5-17)22-14/h1-4,10-14,16-20H,5H2/t10-,11+,12-,13+,14+/m1/s1. The van der Waals surface area contributed by atoms with Crippen LogP contribution < -0.4 is 4.74 Å². The second-order valence-electron chi connectivity index (χ2n) is 5.16. The molecule has 0 unspecified atom stereocenters. The van der Waals surface area contributed by atoms with E-state index in [1.165, 1.54) is 0 Å². The van der Waals surface area contributed by atoms with Crippen LogP contribution in [0.3, 0.4) is 0 Å². The van der Waals surface area contributed by atoms with Gasteiger partial charge in [0, 0.05) is 21.6 Å². The van der Waals surface area contributed by atoms with Gasteiger partial charge in [-0.3, -0.25) is 0 Å². The molecular formula is C14H16BrNO6. The molecule has 0 bridgehead atoms. The van der Waals surface area contributed by atoms with Crippen LogP contribution in [0.25, 0.3) is 10.9 Å². The molecule has 5 atom stereocenters. The smallest absolute Gasteiger partial charge is 0.229 e. The molecule has 5 N–H and O–H groups in total. The first-order chi connectivity index (χ1) is 10.5. The summed E-state index contributed by atoms with van der Waals surface area (Å²) in [5.41, 5.74) is 0.836. The van der Waals surface area contributed by atoms with Crippen LogP contribution in [0.2, 0.25) is 0 Å². The molecule has 1 aromatic heterocycles. The maximum atomic E-state index is 9.99. The normalized spacial score (nSPS) is 32.3. The molecule has 0 spiro atoms. The Morgan fingerprint density at radius 3 is 2.68 bits per heavy atom. The van der Waals surface area contributed by atoms with E-state index < -0.39 is 37.3 Å². The number of rotatable bonds is 3. The molecule has 7 nitrogen and oxygen atoms in total. The monoisotopic (exact) mass is 373 g/mol. The Labute approximate surface area is 134 Å². The summed E-state index contributed by atoms with van der Waals surface area (Å²) in [5, 5.41) is 39.4. The Bertz CT molecular complexity index is 660. The fraction of sp³-hybridized carbons (Fsp3) is 0.429. The molecule has 1 aliphatic heterocycles. The molecule has 0 aliphatic carbocycles. The predicted molar refractivity (Wildman–Crippen MR) is 80.4 cm³/mol. The second-order valence-corrected chi connectivity index (χ2v) is 6.07. The van der Waals surface area contributed by atoms with Crippen molar-refractivity contribution < 1.29 is 29.9 Å². The third kappa shape index (κ3) is 2.73. The van der Waals surface area contributed by atoms with E-state index in [-0.39, 0.29) is 0 Å². The van der Waals surface area contributed by atoms with Crippen molar-refractivity contribution in [3.05, 3.63) is 28.9 Å². The van der Waals surface area contributed by atoms with Gasteiger partial charge in [0.05, 0.1) is 6.61 Å². The van der Waals surface area contributed by atoms with E-state index in [9.17, 15) is 20.4 Å². The Morgan fingerprint density at radius 2 is 1.95 bits per heavy atom. The van der Waals surface area contributed by atoms with Crippen molar-refractivity contribution in [2.24, 2.45) is 0 Å². The maximum absolute atomic E-state index is 9.99. The number of halogens is 1. The van der Waals surface area contributed by atoms with Crippen LogP contribution in [0.15, 0.2) is 28.9 Å². The van der Waals surface area contributed by atoms with Gasteiger partial charge in [-0.1, -0.05) is 15.9 Å². The number of fused-ring (bicyclic) bond motifs is 1. The number of H-pyrrole nitrogens is 1. The minimum Gasteiger partial charge on any atom is -0.460 e. The van der Waals surface area contributed by atoms with Gasteiger partial charge in [-0.15, -0.1) is 0 Å². The molecule has 2 aromatic rings. The highest BCUT2D eigenvalue weighted by atomic mass is 79.9. The predicted octanol–water partition coefficient (Wildman–Crippen LogP) is 0.109. The van der Waals surface area contributed by atoms with Gasteiger partial charge in [0.1, 0.15) is 30.2 Å². The van der Waals surface area contributed by atoms with Crippen molar-refractivity contribution in [2.75, 3.05) is 6.61 Å². The zero-order valence-electron chi connectivity index (χ0n) is 11.4. The number of hydrogen-bond donors (Lipinski definition) is 5. The number of ether oxygens (including phenoxy) is 2. The number of hydrogen-bond acceptors (Lipinski definition) is 6. The molecule has 3 rings (SSSR count). The van der Waals surface area contributed by atoms with Crippen LogP contribution >= 0.6 is 15.9 Å². The van der Waals surface area contributed by atoms with Crippen LogP contribution in [0, 0.1) is 0 Å². The Balaban J connectivity index is 1.85. The van der Waals surface area contributed by atoms with Crippen molar-refractivity contribution in [2.45, 2.75) is 30.7 Å². The maximum Gasteiger partial charge on any atom is 0.229 e. The lowest BCUT2D eigenvalue weighted by Crippen LogP contribution is -2.60. The van der Waals surface area contributed by atoms with Gasteiger partial charge in [-0.2, -0.15) is 0 Å². The largest absolute Gasteiger partial charge is 0.460 e. The molecule has 1 fully saturated rings. The van der Waals surface area contributed by atoms with E-state index in [0.717, 1.165) is 15.4 Å². The Kier molecular flexibility index (Phi) is 4.40. The Morgan fingerprint density at radius 1 is 1.18 bits per heavy atom. The van der Waals surface area contributed by atoms with E-state index in [1.807, 2.05) is 18.2 Å². The molecular weight excluding hydrogens is 358 g/mol. The third-order valence-corrected chi connectivity index (χ3v) is 4.19. The number of aliphatic hydroxyl groups is 4. The molecule has 22 heavy (non-hydrogen) atoms. The summed E-state index contributed by atoms with van der Waals surface area (Å²) < 4.78 is 11.8. The molecule has 2 heterocycles. The van der Waals surface area contributed by atoms with E-state index in [4.69, 9.17) is 9.47 Å². The van der Waals surface area contributed by atoms with Crippen molar-refractivity contribution in [3.63, 3.8) is 0 Å². The molecule has 0 amide bonds. The van der Waals surface area contributed by atoms with Crippen LogP contribution in [0.4, 0.5) is 0 Å². The lowest BCUT2D eigenvalue weighted by Gasteiger charge is -2.39. The third-order valence-electron chi connectivity index (χ3n) is 3.70. The highest BCUT2D eigenvalue weighted by Crippen LogP contribution is 2.31. The van der Waals surface area contributed by atoms with Crippen LogP contribution in [-0.2, 0) is 4.74 Å². The van der Waals surface area contributed by atoms with Crippen molar-refractivity contribution in [1.82, 2.24) is 4.98 Å². The van der Waals surface area contributed by atoms with E-state index >= 15 is 0 Å². The van der Waals surface area contributed by atoms with Crippen molar-refractivity contribution in [1.29, 1.82) is 0 Å². The average Bonchev–Trinajstić information content (AvgIpc) is 2.90. The van der Waals surface area contributed by atoms with Crippen molar-refractivity contribution in [3.8, 4) is 5.75 Å². The quantitative estimate of drug-likeness (QED) is 0.521. The molecule has 8 heteroatoms. The first-order valence-corrected chi connectivity index (χ1v) is 7.54. The summed E-state index contributed by atoms with van der Waals surface area (Å²) in [5.74, 6) is 0.431. The van der Waals surface area contributed by atoms with Crippen LogP contribution in [0.5, 0.6) is 5.75 Å². The van der Waals surface area contributed by atoms with Gasteiger partial charge in [-0.05, 0) is 18.2 Å². The molecule has 1 saturated heterocycles. The van der Waals surface area contributed by atoms with E-state index in [1.54, 1.807) is 6.20 Å². The van der Waals surface area contributed by atoms with Crippen molar-refractivity contribution >= 4 is 26.8 Å². The first kappa shape index (κ1) is 15.7. The summed E-state index contributed by atoms with van der Waals surface area (Å²) >= 11 is 3.37. The highest BCUT2D eigenvalue weighted by molar-refractivity contribution is 9.10. The fourth-order valence-corrected chi connectivity index (χ4v) is 2.82. The van der Waals surface area contributed by atoms with Crippen LogP contribution in [0.1, 0.15) is 0 Å². The summed E-state index contributed by atoms with van der Waals surface area (Å²) in [6.45, 7) is -0.496. The van der Waals surface area contributed by atoms with Gasteiger partial charge < -0.3 is 34.9 Å². The number of aliphatic hydroxyl groups excluding tert-OH is 4. The second kappa shape index (κ2) is 6.15. The lowest BCUT2D eigenvalue weighted by atomic mass is 9.99. The topological polar surface area (TPSA) is 115 Å². The summed E-state index contributed by atoms with van der Waals surface area (Å²) in [6.07, 6.45) is -4.90. The van der Waals surface area contributed by atoms with Gasteiger partial charge in [0.2, 0.25) is 6.29 Å². The SMILES string of the molecule is OC[C@H]1O[C@H](Oc2c[nH]c3ccc(Br)cc23)[C@@H](O)[C@H](O)[C@H]1O. The number of aromatic amines is 1. The molecule has 0 radical (unpaired) electrons. The number of aromatic nitrogens is 1. The highest BCUT2D eigenvalue weighted by Gasteiger charge is 2.44. The van der Waals surface area contributed by atoms with E-state index in [0.29, 0.717) is 5.75 Å². The summed E-state index contributed by atoms with van der Waals surface area (Å²) in [7, 11) is 0. The minimum atomic E-state index is -1.46. The fourth-order valence-electron chi connectivity index (χ4n) is 2.45. The molecule has 1 aliphatic rings. The minimum absolute atomic E-state index is 0.431. The first-order valence-electron chi connectivity index (χ1n) is 6.75. The van der Waals surface area contributed by atoms with E-state index in [2.05, 4.69) is 20.9 Å². The van der Waals surface area contributed by atoms with Gasteiger partial charge >= 0.3 is 0 Å². The zero-order chi connectivity index (χ0) is 15.9. The zero-order valence-corrected chi connectivity index (χ0v) is 13.0. The lowest BCUT2D eigenvalue weighted by molar-refractivity contribution is -0.277.